The minimum Gasteiger partial charge on any atom is -0.466 e. The zero-order valence-corrected chi connectivity index (χ0v) is 11.6. The number of esters is 1. The lowest BCUT2D eigenvalue weighted by Crippen LogP contribution is -2.49. The molecule has 5 nitrogen and oxygen atoms in total. The van der Waals surface area contributed by atoms with Crippen LogP contribution in [-0.2, 0) is 14.3 Å². The second kappa shape index (κ2) is 7.80. The van der Waals surface area contributed by atoms with E-state index in [1.807, 2.05) is 13.8 Å². The topological polar surface area (TPSA) is 58.6 Å². The monoisotopic (exact) mass is 266 g/mol. The summed E-state index contributed by atoms with van der Waals surface area (Å²) in [5.41, 5.74) is 0. The summed E-state index contributed by atoms with van der Waals surface area (Å²) < 4.78 is 5.02. The average Bonchev–Trinajstić information content (AvgIpc) is 2.44. The maximum Gasteiger partial charge on any atom is 0.309 e. The van der Waals surface area contributed by atoms with Crippen molar-refractivity contribution in [2.24, 2.45) is 5.92 Å². The molecule has 1 atom stereocenters. The van der Waals surface area contributed by atoms with Gasteiger partial charge in [-0.3, -0.25) is 14.5 Å². The first-order chi connectivity index (χ1) is 9.10. The van der Waals surface area contributed by atoms with E-state index in [-0.39, 0.29) is 30.4 Å². The van der Waals surface area contributed by atoms with E-state index in [0.717, 1.165) is 25.9 Å². The summed E-state index contributed by atoms with van der Waals surface area (Å²) >= 11 is 0. The largest absolute Gasteiger partial charge is 0.466 e. The summed E-state index contributed by atoms with van der Waals surface area (Å²) in [5.74, 6) is 2.17. The van der Waals surface area contributed by atoms with Crippen LogP contribution < -0.4 is 5.32 Å². The fourth-order valence-electron chi connectivity index (χ4n) is 2.23. The summed E-state index contributed by atoms with van der Waals surface area (Å²) in [5, 5.41) is 2.68. The highest BCUT2D eigenvalue weighted by Gasteiger charge is 2.30. The van der Waals surface area contributed by atoms with E-state index in [2.05, 4.69) is 16.1 Å². The van der Waals surface area contributed by atoms with Gasteiger partial charge in [0.2, 0.25) is 5.91 Å². The van der Waals surface area contributed by atoms with Crippen LogP contribution in [0.15, 0.2) is 0 Å². The number of piperidine rings is 1. The lowest BCUT2D eigenvalue weighted by molar-refractivity contribution is -0.149. The van der Waals surface area contributed by atoms with E-state index >= 15 is 0 Å². The van der Waals surface area contributed by atoms with Gasteiger partial charge in [0.15, 0.2) is 0 Å². The van der Waals surface area contributed by atoms with E-state index < -0.39 is 0 Å². The molecular weight excluding hydrogens is 244 g/mol. The fraction of sp³-hybridized carbons (Fsp3) is 0.714. The van der Waals surface area contributed by atoms with Gasteiger partial charge in [-0.15, -0.1) is 6.42 Å². The second-order valence-corrected chi connectivity index (χ2v) is 4.66. The Bertz CT molecular complexity index is 354. The van der Waals surface area contributed by atoms with E-state index in [9.17, 15) is 9.59 Å². The van der Waals surface area contributed by atoms with Gasteiger partial charge in [0.05, 0.1) is 25.1 Å². The molecule has 1 unspecified atom stereocenters. The first kappa shape index (κ1) is 15.5. The van der Waals surface area contributed by atoms with Crippen LogP contribution in [0, 0.1) is 18.3 Å². The van der Waals surface area contributed by atoms with Crippen molar-refractivity contribution >= 4 is 11.9 Å². The van der Waals surface area contributed by atoms with Crippen LogP contribution >= 0.6 is 0 Å². The molecule has 0 aromatic rings. The SMILES string of the molecule is C#CCNC(=O)C(C)N1CCC(C(=O)OCC)CC1. The number of carbonyl (C=O) groups is 2. The van der Waals surface area contributed by atoms with E-state index in [0.29, 0.717) is 6.61 Å². The third-order valence-corrected chi connectivity index (χ3v) is 3.44. The molecule has 0 radical (unpaired) electrons. The lowest BCUT2D eigenvalue weighted by Gasteiger charge is -2.34. The van der Waals surface area contributed by atoms with Crippen LogP contribution in [0.4, 0.5) is 0 Å². The van der Waals surface area contributed by atoms with Crippen molar-refractivity contribution < 1.29 is 14.3 Å². The smallest absolute Gasteiger partial charge is 0.309 e. The number of rotatable bonds is 5. The Balaban J connectivity index is 2.39. The maximum absolute atomic E-state index is 11.8. The van der Waals surface area contributed by atoms with E-state index in [1.54, 1.807) is 0 Å². The van der Waals surface area contributed by atoms with Gasteiger partial charge in [-0.25, -0.2) is 0 Å². The van der Waals surface area contributed by atoms with Crippen molar-refractivity contribution in [1.29, 1.82) is 0 Å². The van der Waals surface area contributed by atoms with E-state index in [1.165, 1.54) is 0 Å². The van der Waals surface area contributed by atoms with Gasteiger partial charge in [-0.05, 0) is 39.8 Å². The van der Waals surface area contributed by atoms with Crippen LogP contribution in [0.25, 0.3) is 0 Å². The predicted octanol–water partition coefficient (Wildman–Crippen LogP) is 0.399. The Kier molecular flexibility index (Phi) is 6.37. The zero-order chi connectivity index (χ0) is 14.3. The number of nitrogens with one attached hydrogen (secondary N) is 1. The van der Waals surface area contributed by atoms with Crippen molar-refractivity contribution in [3.63, 3.8) is 0 Å². The molecule has 1 aliphatic rings. The minimum absolute atomic E-state index is 0.0304. The molecule has 1 heterocycles. The molecule has 0 aromatic carbocycles. The summed E-state index contributed by atoms with van der Waals surface area (Å²) in [6, 6.07) is -0.212. The Labute approximate surface area is 114 Å². The van der Waals surface area contributed by atoms with Gasteiger partial charge < -0.3 is 10.1 Å². The van der Waals surface area contributed by atoms with Crippen molar-refractivity contribution in [3.8, 4) is 12.3 Å². The van der Waals surface area contributed by atoms with Crippen LogP contribution in [-0.4, -0.2) is 49.1 Å². The molecule has 1 fully saturated rings. The Hall–Kier alpha value is -1.54. The summed E-state index contributed by atoms with van der Waals surface area (Å²) in [6.07, 6.45) is 6.59. The molecule has 1 amide bonds. The van der Waals surface area contributed by atoms with Gasteiger partial charge in [-0.1, -0.05) is 5.92 Å². The normalized spacial score (nSPS) is 18.4. The number of hydrogen-bond acceptors (Lipinski definition) is 4. The molecule has 0 spiro atoms. The molecule has 1 saturated heterocycles. The molecule has 0 bridgehead atoms. The summed E-state index contributed by atoms with van der Waals surface area (Å²) in [6.45, 7) is 5.80. The van der Waals surface area contributed by atoms with Crippen molar-refractivity contribution in [2.75, 3.05) is 26.2 Å². The van der Waals surface area contributed by atoms with Crippen LogP contribution in [0.5, 0.6) is 0 Å². The van der Waals surface area contributed by atoms with Crippen LogP contribution in [0.3, 0.4) is 0 Å². The van der Waals surface area contributed by atoms with Crippen molar-refractivity contribution in [3.05, 3.63) is 0 Å². The molecule has 0 aromatic heterocycles. The molecule has 1 N–H and O–H groups in total. The quantitative estimate of drug-likeness (QED) is 0.578. The lowest BCUT2D eigenvalue weighted by atomic mass is 9.96. The Morgan fingerprint density at radius 1 is 1.47 bits per heavy atom. The average molecular weight is 266 g/mol. The van der Waals surface area contributed by atoms with Crippen LogP contribution in [0.2, 0.25) is 0 Å². The standard InChI is InChI=1S/C14H22N2O3/c1-4-8-15-13(17)11(3)16-9-6-12(7-10-16)14(18)19-5-2/h1,11-12H,5-10H2,2-3H3,(H,15,17). The maximum atomic E-state index is 11.8. The molecule has 0 saturated carbocycles. The minimum atomic E-state index is -0.212. The zero-order valence-electron chi connectivity index (χ0n) is 11.6. The number of hydrogen-bond donors (Lipinski definition) is 1. The Morgan fingerprint density at radius 3 is 2.63 bits per heavy atom. The van der Waals surface area contributed by atoms with Gasteiger partial charge in [0, 0.05) is 0 Å². The highest BCUT2D eigenvalue weighted by molar-refractivity contribution is 5.81. The van der Waals surface area contributed by atoms with E-state index in [4.69, 9.17) is 11.2 Å². The third-order valence-electron chi connectivity index (χ3n) is 3.44. The Morgan fingerprint density at radius 2 is 2.11 bits per heavy atom. The molecule has 0 aliphatic carbocycles. The number of likely N-dealkylation sites (tertiary alicyclic amines) is 1. The number of ether oxygens (including phenoxy) is 1. The second-order valence-electron chi connectivity index (χ2n) is 4.66. The molecule has 19 heavy (non-hydrogen) atoms. The third kappa shape index (κ3) is 4.56. The first-order valence-electron chi connectivity index (χ1n) is 6.72. The fourth-order valence-corrected chi connectivity index (χ4v) is 2.23. The molecule has 106 valence electrons. The number of amides is 1. The number of nitrogens with zero attached hydrogens (tertiary/aromatic N) is 1. The van der Waals surface area contributed by atoms with Gasteiger partial charge in [0.25, 0.3) is 0 Å². The molecule has 1 rings (SSSR count). The van der Waals surface area contributed by atoms with Crippen molar-refractivity contribution in [1.82, 2.24) is 10.2 Å². The highest BCUT2D eigenvalue weighted by atomic mass is 16.5. The number of carbonyl (C=O) groups excluding carboxylic acids is 2. The van der Waals surface area contributed by atoms with Crippen molar-refractivity contribution in [2.45, 2.75) is 32.7 Å². The van der Waals surface area contributed by atoms with Crippen LogP contribution in [0.1, 0.15) is 26.7 Å². The van der Waals surface area contributed by atoms with Gasteiger partial charge in [0.1, 0.15) is 0 Å². The summed E-state index contributed by atoms with van der Waals surface area (Å²) in [4.78, 5) is 25.5. The highest BCUT2D eigenvalue weighted by Crippen LogP contribution is 2.20. The predicted molar refractivity (Wildman–Crippen MR) is 72.2 cm³/mol. The van der Waals surface area contributed by atoms with Gasteiger partial charge in [-0.2, -0.15) is 0 Å². The summed E-state index contributed by atoms with van der Waals surface area (Å²) in [7, 11) is 0. The molecule has 5 heteroatoms. The van der Waals surface area contributed by atoms with Gasteiger partial charge >= 0.3 is 5.97 Å². The first-order valence-corrected chi connectivity index (χ1v) is 6.72. The molecule has 1 aliphatic heterocycles. The number of terminal acetylenes is 1. The molecular formula is C14H22N2O3.